The first-order valence-electron chi connectivity index (χ1n) is 8.02. The molecule has 0 bridgehead atoms. The summed E-state index contributed by atoms with van der Waals surface area (Å²) in [6, 6.07) is 0. The van der Waals surface area contributed by atoms with Gasteiger partial charge >= 0.3 is 18.0 Å². The summed E-state index contributed by atoms with van der Waals surface area (Å²) < 4.78 is 46.4. The fraction of sp³-hybridized carbons (Fsp3) is 0.667. The Kier molecular flexibility index (Phi) is 5.91. The fourth-order valence-electron chi connectivity index (χ4n) is 2.72. The Morgan fingerprint density at radius 2 is 2.15 bits per heavy atom. The van der Waals surface area contributed by atoms with Gasteiger partial charge in [0.25, 0.3) is 0 Å². The first-order chi connectivity index (χ1) is 12.1. The second-order valence-electron chi connectivity index (χ2n) is 6.16. The average molecular weight is 378 g/mol. The van der Waals surface area contributed by atoms with Crippen LogP contribution >= 0.6 is 0 Å². The number of hydrogen-bond acceptors (Lipinski definition) is 5. The van der Waals surface area contributed by atoms with Gasteiger partial charge in [0.15, 0.2) is 0 Å². The van der Waals surface area contributed by atoms with E-state index in [2.05, 4.69) is 10.3 Å². The number of hydrogen-bond donors (Lipinski definition) is 2. The van der Waals surface area contributed by atoms with Crippen molar-refractivity contribution in [1.82, 2.24) is 19.8 Å². The molecule has 2 N–H and O–H groups in total. The van der Waals surface area contributed by atoms with Crippen LogP contribution in [-0.2, 0) is 27.0 Å². The Morgan fingerprint density at radius 1 is 1.46 bits per heavy atom. The molecule has 0 saturated carbocycles. The van der Waals surface area contributed by atoms with Crippen LogP contribution in [0.2, 0.25) is 0 Å². The Hall–Kier alpha value is -2.14. The topological polar surface area (TPSA) is 96.7 Å². The molecular weight excluding hydrogens is 357 g/mol. The molecule has 0 radical (unpaired) electrons. The molecule has 0 aromatic carbocycles. The lowest BCUT2D eigenvalue weighted by molar-refractivity contribution is -0.272. The molecule has 1 saturated heterocycles. The maximum atomic E-state index is 13.4. The molecule has 2 amide bonds. The number of morpholine rings is 1. The monoisotopic (exact) mass is 378 g/mol. The number of amides is 2. The third-order valence-electron chi connectivity index (χ3n) is 4.15. The summed E-state index contributed by atoms with van der Waals surface area (Å²) in [7, 11) is 1.32. The number of halogens is 3. The van der Waals surface area contributed by atoms with Gasteiger partial charge in [0.05, 0.1) is 12.7 Å². The molecule has 146 valence electrons. The molecule has 1 aromatic rings. The number of nitrogens with zero attached hydrogens (tertiary/aromatic N) is 3. The third kappa shape index (κ3) is 4.15. The van der Waals surface area contributed by atoms with Crippen molar-refractivity contribution in [3.05, 3.63) is 18.2 Å². The number of imidazole rings is 1. The van der Waals surface area contributed by atoms with E-state index < -0.39 is 42.4 Å². The van der Waals surface area contributed by atoms with E-state index >= 15 is 0 Å². The first kappa shape index (κ1) is 20.2. The van der Waals surface area contributed by atoms with E-state index in [1.165, 1.54) is 18.1 Å². The molecule has 26 heavy (non-hydrogen) atoms. The second kappa shape index (κ2) is 7.62. The minimum absolute atomic E-state index is 0.223. The number of aromatic nitrogens is 2. The second-order valence-corrected chi connectivity index (χ2v) is 6.16. The summed E-state index contributed by atoms with van der Waals surface area (Å²) in [5.41, 5.74) is -3.24. The molecular formula is C15H21F3N4O4. The van der Waals surface area contributed by atoms with Crippen LogP contribution in [0.15, 0.2) is 12.4 Å². The Labute approximate surface area is 147 Å². The maximum Gasteiger partial charge on any atom is 0.424 e. The standard InChI is InChI=1S/C15H21F3N4O4/c1-10-9-22(7-8-26-10)12(24)11(23)19-4-3-14(25,15(16,17)18)13-20-5-6-21(13)2/h5-6,10,25H,3-4,7-9H2,1-2H3,(H,19,23)/t10-,14+/m1/s1. The van der Waals surface area contributed by atoms with Crippen molar-refractivity contribution in [1.29, 1.82) is 0 Å². The molecule has 2 atom stereocenters. The van der Waals surface area contributed by atoms with Gasteiger partial charge in [0.2, 0.25) is 5.60 Å². The van der Waals surface area contributed by atoms with E-state index in [0.29, 0.717) is 0 Å². The van der Waals surface area contributed by atoms with Gasteiger partial charge in [-0.05, 0) is 6.92 Å². The smallest absolute Gasteiger partial charge is 0.375 e. The molecule has 1 aromatic heterocycles. The van der Waals surface area contributed by atoms with Crippen LogP contribution in [0.1, 0.15) is 19.2 Å². The molecule has 0 unspecified atom stereocenters. The van der Waals surface area contributed by atoms with Crippen molar-refractivity contribution < 1.29 is 32.6 Å². The van der Waals surface area contributed by atoms with Crippen LogP contribution in [0.25, 0.3) is 0 Å². The quantitative estimate of drug-likeness (QED) is 0.715. The number of rotatable bonds is 4. The van der Waals surface area contributed by atoms with Crippen molar-refractivity contribution in [2.24, 2.45) is 7.05 Å². The number of nitrogens with one attached hydrogen (secondary N) is 1. The maximum absolute atomic E-state index is 13.4. The van der Waals surface area contributed by atoms with Gasteiger partial charge in [-0.2, -0.15) is 13.2 Å². The van der Waals surface area contributed by atoms with E-state index in [-0.39, 0.29) is 25.8 Å². The van der Waals surface area contributed by atoms with Gasteiger partial charge in [0, 0.05) is 45.5 Å². The van der Waals surface area contributed by atoms with Crippen LogP contribution in [0.4, 0.5) is 13.2 Å². The largest absolute Gasteiger partial charge is 0.424 e. The van der Waals surface area contributed by atoms with Gasteiger partial charge in [-0.1, -0.05) is 0 Å². The van der Waals surface area contributed by atoms with E-state index in [1.54, 1.807) is 6.92 Å². The highest BCUT2D eigenvalue weighted by molar-refractivity contribution is 6.35. The van der Waals surface area contributed by atoms with Crippen molar-refractivity contribution in [2.45, 2.75) is 31.2 Å². The lowest BCUT2D eigenvalue weighted by atomic mass is 9.97. The zero-order valence-corrected chi connectivity index (χ0v) is 14.4. The van der Waals surface area contributed by atoms with E-state index in [0.717, 1.165) is 10.8 Å². The minimum atomic E-state index is -5.00. The minimum Gasteiger partial charge on any atom is -0.375 e. The lowest BCUT2D eigenvalue weighted by Gasteiger charge is -2.31. The van der Waals surface area contributed by atoms with E-state index in [9.17, 15) is 27.9 Å². The molecule has 1 aliphatic rings. The van der Waals surface area contributed by atoms with Crippen LogP contribution in [0, 0.1) is 0 Å². The van der Waals surface area contributed by atoms with Crippen LogP contribution < -0.4 is 5.32 Å². The molecule has 0 aliphatic carbocycles. The van der Waals surface area contributed by atoms with Crippen LogP contribution in [-0.4, -0.2) is 69.9 Å². The van der Waals surface area contributed by atoms with Gasteiger partial charge in [-0.3, -0.25) is 9.59 Å². The highest BCUT2D eigenvalue weighted by Crippen LogP contribution is 2.40. The predicted molar refractivity (Wildman–Crippen MR) is 82.8 cm³/mol. The SMILES string of the molecule is C[C@@H]1CN(C(=O)C(=O)NCC[C@](O)(c2nccn2C)C(F)(F)F)CCO1. The highest BCUT2D eigenvalue weighted by Gasteiger charge is 2.57. The summed E-state index contributed by atoms with van der Waals surface area (Å²) >= 11 is 0. The summed E-state index contributed by atoms with van der Waals surface area (Å²) in [5.74, 6) is -2.45. The van der Waals surface area contributed by atoms with Crippen molar-refractivity contribution in [3.63, 3.8) is 0 Å². The predicted octanol–water partition coefficient (Wildman–Crippen LogP) is -0.0764. The number of aliphatic hydroxyl groups is 1. The van der Waals surface area contributed by atoms with E-state index in [4.69, 9.17) is 4.74 Å². The zero-order chi connectivity index (χ0) is 19.5. The highest BCUT2D eigenvalue weighted by atomic mass is 19.4. The lowest BCUT2D eigenvalue weighted by Crippen LogP contribution is -2.51. The fourth-order valence-corrected chi connectivity index (χ4v) is 2.72. The number of ether oxygens (including phenoxy) is 1. The van der Waals surface area contributed by atoms with Gasteiger partial charge in [-0.15, -0.1) is 0 Å². The summed E-state index contributed by atoms with van der Waals surface area (Å²) in [5, 5.41) is 12.3. The molecule has 1 fully saturated rings. The first-order valence-corrected chi connectivity index (χ1v) is 8.02. The molecule has 1 aliphatic heterocycles. The van der Waals surface area contributed by atoms with Crippen LogP contribution in [0.5, 0.6) is 0 Å². The Bertz CT molecular complexity index is 664. The Morgan fingerprint density at radius 3 is 2.69 bits per heavy atom. The summed E-state index contributed by atoms with van der Waals surface area (Å²) in [6.07, 6.45) is -3.69. The molecule has 2 heterocycles. The van der Waals surface area contributed by atoms with Crippen molar-refractivity contribution in [2.75, 3.05) is 26.2 Å². The normalized spacial score (nSPS) is 20.5. The molecule has 2 rings (SSSR count). The molecule has 8 nitrogen and oxygen atoms in total. The van der Waals surface area contributed by atoms with Gasteiger partial charge in [-0.25, -0.2) is 4.98 Å². The van der Waals surface area contributed by atoms with Gasteiger partial charge < -0.3 is 24.6 Å². The van der Waals surface area contributed by atoms with Crippen LogP contribution in [0.3, 0.4) is 0 Å². The zero-order valence-electron chi connectivity index (χ0n) is 14.4. The number of alkyl halides is 3. The van der Waals surface area contributed by atoms with E-state index in [1.807, 2.05) is 0 Å². The van der Waals surface area contributed by atoms with Gasteiger partial charge in [0.1, 0.15) is 5.82 Å². The Balaban J connectivity index is 1.98. The molecule has 0 spiro atoms. The third-order valence-corrected chi connectivity index (χ3v) is 4.15. The number of aryl methyl sites for hydroxylation is 1. The molecule has 11 heteroatoms. The van der Waals surface area contributed by atoms with Crippen molar-refractivity contribution >= 4 is 11.8 Å². The van der Waals surface area contributed by atoms with Crippen molar-refractivity contribution in [3.8, 4) is 0 Å². The number of carbonyl (C=O) groups excluding carboxylic acids is 2. The summed E-state index contributed by atoms with van der Waals surface area (Å²) in [4.78, 5) is 28.8. The average Bonchev–Trinajstić information content (AvgIpc) is 2.99. The number of carbonyl (C=O) groups is 2. The summed E-state index contributed by atoms with van der Waals surface area (Å²) in [6.45, 7) is 1.94.